The number of rotatable bonds is 4. The third-order valence-electron chi connectivity index (χ3n) is 5.66. The van der Waals surface area contributed by atoms with Crippen LogP contribution >= 0.6 is 0 Å². The molecule has 114 valence electrons. The summed E-state index contributed by atoms with van der Waals surface area (Å²) in [5.41, 5.74) is 3.17. The van der Waals surface area contributed by atoms with E-state index < -0.39 is 0 Å². The number of piperazine rings is 1. The number of hydrogen-bond donors (Lipinski definition) is 0. The molecule has 1 saturated heterocycles. The van der Waals surface area contributed by atoms with Gasteiger partial charge in [-0.25, -0.2) is 0 Å². The van der Waals surface area contributed by atoms with Crippen LogP contribution in [0.2, 0.25) is 0 Å². The molecule has 21 heavy (non-hydrogen) atoms. The molecule has 0 N–H and O–H groups in total. The average Bonchev–Trinajstić information content (AvgIpc) is 3.18. The van der Waals surface area contributed by atoms with Crippen LogP contribution in [0.4, 0.5) is 5.69 Å². The van der Waals surface area contributed by atoms with Crippen LogP contribution in [0.15, 0.2) is 24.3 Å². The number of hydrogen-bond acceptors (Lipinski definition) is 2. The molecule has 4 rings (SSSR count). The summed E-state index contributed by atoms with van der Waals surface area (Å²) in [6.45, 7) is 6.32. The van der Waals surface area contributed by atoms with Gasteiger partial charge in [-0.3, -0.25) is 4.90 Å². The van der Waals surface area contributed by atoms with Gasteiger partial charge >= 0.3 is 0 Å². The predicted octanol–water partition coefficient (Wildman–Crippen LogP) is 3.88. The van der Waals surface area contributed by atoms with E-state index in [9.17, 15) is 0 Å². The highest BCUT2D eigenvalue weighted by molar-refractivity contribution is 5.55. The van der Waals surface area contributed by atoms with Gasteiger partial charge in [-0.1, -0.05) is 31.0 Å². The first-order chi connectivity index (χ1) is 10.4. The number of nitrogens with zero attached hydrogens (tertiary/aromatic N) is 2. The molecule has 1 aliphatic heterocycles. The van der Waals surface area contributed by atoms with Gasteiger partial charge in [0.15, 0.2) is 0 Å². The molecule has 1 aromatic carbocycles. The Labute approximate surface area is 129 Å². The van der Waals surface area contributed by atoms with Crippen molar-refractivity contribution >= 4 is 5.69 Å². The van der Waals surface area contributed by atoms with Gasteiger partial charge in [0.2, 0.25) is 0 Å². The summed E-state index contributed by atoms with van der Waals surface area (Å²) in [5, 5.41) is 0. The average molecular weight is 284 g/mol. The molecule has 0 spiro atoms. The quantitative estimate of drug-likeness (QED) is 0.828. The summed E-state index contributed by atoms with van der Waals surface area (Å²) < 4.78 is 0. The van der Waals surface area contributed by atoms with Crippen LogP contribution < -0.4 is 4.90 Å². The Bertz CT molecular complexity index is 466. The lowest BCUT2D eigenvalue weighted by Gasteiger charge is -2.37. The molecular formula is C19H28N2. The van der Waals surface area contributed by atoms with Crippen LogP contribution in [0.25, 0.3) is 0 Å². The van der Waals surface area contributed by atoms with E-state index in [-0.39, 0.29) is 0 Å². The number of anilines is 1. The lowest BCUT2D eigenvalue weighted by atomic mass is 9.95. The lowest BCUT2D eigenvalue weighted by molar-refractivity contribution is 0.248. The summed E-state index contributed by atoms with van der Waals surface area (Å²) in [5.74, 6) is 1.85. The molecule has 1 heterocycles. The highest BCUT2D eigenvalue weighted by Gasteiger charge is 2.28. The third kappa shape index (κ3) is 3.11. The molecule has 2 nitrogen and oxygen atoms in total. The molecule has 2 saturated carbocycles. The van der Waals surface area contributed by atoms with Gasteiger partial charge in [0.1, 0.15) is 0 Å². The van der Waals surface area contributed by atoms with E-state index in [1.54, 1.807) is 5.56 Å². The summed E-state index contributed by atoms with van der Waals surface area (Å²) in [7, 11) is 0. The fraction of sp³-hybridized carbons (Fsp3) is 0.684. The predicted molar refractivity (Wildman–Crippen MR) is 89.0 cm³/mol. The molecule has 0 aromatic heterocycles. The standard InChI is InChI=1S/C19H28N2/c1-2-6-17(5-1)18-7-3-4-8-19(18)21-13-11-20(12-14-21)15-16-9-10-16/h3-4,7-8,16-17H,1-2,5-6,9-15H2. The first-order valence-corrected chi connectivity index (χ1v) is 8.96. The summed E-state index contributed by atoms with van der Waals surface area (Å²) in [4.78, 5) is 5.34. The maximum atomic E-state index is 2.69. The zero-order chi connectivity index (χ0) is 14.1. The second-order valence-electron chi connectivity index (χ2n) is 7.27. The Hall–Kier alpha value is -1.02. The van der Waals surface area contributed by atoms with Gasteiger partial charge in [0.05, 0.1) is 0 Å². The van der Waals surface area contributed by atoms with Crippen LogP contribution in [0.1, 0.15) is 50.0 Å². The smallest absolute Gasteiger partial charge is 0.0402 e. The van der Waals surface area contributed by atoms with E-state index in [2.05, 4.69) is 34.1 Å². The largest absolute Gasteiger partial charge is 0.369 e. The van der Waals surface area contributed by atoms with Gasteiger partial charge < -0.3 is 4.90 Å². The van der Waals surface area contributed by atoms with Gasteiger partial charge in [-0.05, 0) is 49.1 Å². The van der Waals surface area contributed by atoms with Crippen molar-refractivity contribution in [2.45, 2.75) is 44.4 Å². The topological polar surface area (TPSA) is 6.48 Å². The van der Waals surface area contributed by atoms with E-state index in [1.165, 1.54) is 76.9 Å². The molecule has 0 bridgehead atoms. The van der Waals surface area contributed by atoms with Crippen LogP contribution in [-0.2, 0) is 0 Å². The van der Waals surface area contributed by atoms with E-state index in [4.69, 9.17) is 0 Å². The molecule has 0 atom stereocenters. The molecule has 2 aliphatic carbocycles. The minimum atomic E-state index is 0.825. The Morgan fingerprint density at radius 3 is 2.29 bits per heavy atom. The van der Waals surface area contributed by atoms with E-state index in [1.807, 2.05) is 0 Å². The maximum Gasteiger partial charge on any atom is 0.0402 e. The SMILES string of the molecule is c1ccc(N2CCN(CC3CC3)CC2)c(C2CCCC2)c1. The van der Waals surface area contributed by atoms with Crippen molar-refractivity contribution < 1.29 is 0 Å². The summed E-state index contributed by atoms with van der Waals surface area (Å²) in [6.07, 6.45) is 8.61. The Kier molecular flexibility index (Phi) is 3.89. The van der Waals surface area contributed by atoms with Crippen molar-refractivity contribution in [2.75, 3.05) is 37.6 Å². The van der Waals surface area contributed by atoms with Crippen molar-refractivity contribution in [3.63, 3.8) is 0 Å². The lowest BCUT2D eigenvalue weighted by Crippen LogP contribution is -2.47. The van der Waals surface area contributed by atoms with Crippen molar-refractivity contribution in [1.82, 2.24) is 4.90 Å². The van der Waals surface area contributed by atoms with Crippen molar-refractivity contribution in [3.8, 4) is 0 Å². The fourth-order valence-electron chi connectivity index (χ4n) is 4.19. The normalized spacial score (nSPS) is 24.7. The minimum absolute atomic E-state index is 0.825. The second kappa shape index (κ2) is 6.00. The highest BCUT2D eigenvalue weighted by Crippen LogP contribution is 2.39. The van der Waals surface area contributed by atoms with Crippen LogP contribution in [-0.4, -0.2) is 37.6 Å². The van der Waals surface area contributed by atoms with Crippen molar-refractivity contribution in [2.24, 2.45) is 5.92 Å². The minimum Gasteiger partial charge on any atom is -0.369 e. The Morgan fingerprint density at radius 2 is 1.57 bits per heavy atom. The van der Waals surface area contributed by atoms with Crippen molar-refractivity contribution in [1.29, 1.82) is 0 Å². The summed E-state index contributed by atoms with van der Waals surface area (Å²) >= 11 is 0. The van der Waals surface area contributed by atoms with Crippen molar-refractivity contribution in [3.05, 3.63) is 29.8 Å². The molecular weight excluding hydrogens is 256 g/mol. The van der Waals surface area contributed by atoms with Crippen LogP contribution in [0.3, 0.4) is 0 Å². The Morgan fingerprint density at radius 1 is 0.857 bits per heavy atom. The van der Waals surface area contributed by atoms with Crippen LogP contribution in [0.5, 0.6) is 0 Å². The summed E-state index contributed by atoms with van der Waals surface area (Å²) in [6, 6.07) is 9.22. The number of benzene rings is 1. The molecule has 1 aromatic rings. The zero-order valence-corrected chi connectivity index (χ0v) is 13.1. The maximum absolute atomic E-state index is 2.69. The van der Waals surface area contributed by atoms with Crippen LogP contribution in [0, 0.1) is 5.92 Å². The van der Waals surface area contributed by atoms with Gasteiger partial charge in [-0.2, -0.15) is 0 Å². The van der Waals surface area contributed by atoms with Gasteiger partial charge in [-0.15, -0.1) is 0 Å². The molecule has 0 unspecified atom stereocenters. The first kappa shape index (κ1) is 13.6. The third-order valence-corrected chi connectivity index (χ3v) is 5.66. The second-order valence-corrected chi connectivity index (χ2v) is 7.27. The van der Waals surface area contributed by atoms with E-state index in [0.29, 0.717) is 0 Å². The molecule has 0 radical (unpaired) electrons. The van der Waals surface area contributed by atoms with E-state index >= 15 is 0 Å². The molecule has 3 fully saturated rings. The van der Waals surface area contributed by atoms with Gasteiger partial charge in [0.25, 0.3) is 0 Å². The Balaban J connectivity index is 1.44. The molecule has 3 aliphatic rings. The molecule has 0 amide bonds. The fourth-order valence-corrected chi connectivity index (χ4v) is 4.19. The van der Waals surface area contributed by atoms with E-state index in [0.717, 1.165) is 11.8 Å². The first-order valence-electron chi connectivity index (χ1n) is 8.96. The van der Waals surface area contributed by atoms with Gasteiger partial charge in [0, 0.05) is 38.4 Å². The zero-order valence-electron chi connectivity index (χ0n) is 13.1. The number of para-hydroxylation sites is 1. The highest BCUT2D eigenvalue weighted by atomic mass is 15.3. The molecule has 2 heteroatoms. The monoisotopic (exact) mass is 284 g/mol.